The molecule has 0 aromatic heterocycles. The van der Waals surface area contributed by atoms with Crippen LogP contribution >= 0.6 is 11.8 Å². The van der Waals surface area contributed by atoms with Crippen molar-refractivity contribution in [3.8, 4) is 0 Å². The lowest BCUT2D eigenvalue weighted by Gasteiger charge is -2.16. The second-order valence-electron chi connectivity index (χ2n) is 5.67. The predicted octanol–water partition coefficient (Wildman–Crippen LogP) is 1.74. The third-order valence-electron chi connectivity index (χ3n) is 3.68. The number of carbonyl (C=O) groups excluding carboxylic acids is 2. The zero-order chi connectivity index (χ0) is 17.9. The van der Waals surface area contributed by atoms with E-state index in [1.54, 1.807) is 24.0 Å². The molecule has 0 unspecified atom stereocenters. The zero-order valence-electron chi connectivity index (χ0n) is 13.9. The Morgan fingerprint density at radius 1 is 1.38 bits per heavy atom. The maximum atomic E-state index is 12.3. The molecular weight excluding hydrogens is 350 g/mol. The van der Waals surface area contributed by atoms with Gasteiger partial charge in [0.1, 0.15) is 0 Å². The van der Waals surface area contributed by atoms with Gasteiger partial charge in [-0.3, -0.25) is 9.59 Å². The Labute approximate surface area is 146 Å². The monoisotopic (exact) mass is 371 g/mol. The van der Waals surface area contributed by atoms with Crippen LogP contribution in [0, 0.1) is 6.92 Å². The Bertz CT molecular complexity index is 747. The van der Waals surface area contributed by atoms with Gasteiger partial charge < -0.3 is 10.2 Å². The third-order valence-corrected chi connectivity index (χ3v) is 6.53. The fourth-order valence-corrected chi connectivity index (χ4v) is 4.24. The summed E-state index contributed by atoms with van der Waals surface area (Å²) in [5, 5.41) is 2.69. The smallest absolute Gasteiger partial charge is 0.281 e. The molecule has 7 nitrogen and oxygen atoms in total. The lowest BCUT2D eigenvalue weighted by Crippen LogP contribution is -2.28. The number of carbonyl (C=O) groups is 2. The summed E-state index contributed by atoms with van der Waals surface area (Å²) in [4.78, 5) is 25.3. The number of sulfonamides is 1. The van der Waals surface area contributed by atoms with Gasteiger partial charge in [0.05, 0.1) is 4.90 Å². The number of thioether (sulfide) groups is 1. The van der Waals surface area contributed by atoms with Crippen LogP contribution in [0.1, 0.15) is 12.0 Å². The summed E-state index contributed by atoms with van der Waals surface area (Å²) < 4.78 is 25.7. The second kappa shape index (κ2) is 7.54. The summed E-state index contributed by atoms with van der Waals surface area (Å²) in [6.45, 7) is 2.73. The van der Waals surface area contributed by atoms with Crippen molar-refractivity contribution < 1.29 is 18.0 Å². The molecule has 0 atom stereocenters. The first kappa shape index (κ1) is 18.8. The van der Waals surface area contributed by atoms with Crippen molar-refractivity contribution in [1.29, 1.82) is 0 Å². The maximum absolute atomic E-state index is 12.3. The van der Waals surface area contributed by atoms with E-state index in [0.29, 0.717) is 24.3 Å². The average molecular weight is 371 g/mol. The van der Waals surface area contributed by atoms with E-state index in [1.807, 2.05) is 0 Å². The Kier molecular flexibility index (Phi) is 5.89. The number of hydrogen-bond donors (Lipinski definition) is 1. The summed E-state index contributed by atoms with van der Waals surface area (Å²) in [5.41, 5.74) is 1.04. The van der Waals surface area contributed by atoms with Crippen LogP contribution in [0.15, 0.2) is 23.1 Å². The molecule has 1 aliphatic rings. The number of rotatable bonds is 6. The molecule has 0 bridgehead atoms. The van der Waals surface area contributed by atoms with E-state index in [-0.39, 0.29) is 22.5 Å². The van der Waals surface area contributed by atoms with Gasteiger partial charge in [-0.2, -0.15) is 0 Å². The summed E-state index contributed by atoms with van der Waals surface area (Å²) in [5.74, 6) is 0.501. The van der Waals surface area contributed by atoms with E-state index in [2.05, 4.69) is 5.32 Å². The molecule has 0 radical (unpaired) electrons. The lowest BCUT2D eigenvalue weighted by atomic mass is 10.2. The highest BCUT2D eigenvalue weighted by Crippen LogP contribution is 2.23. The summed E-state index contributed by atoms with van der Waals surface area (Å²) in [6.07, 6.45) is 0.177. The van der Waals surface area contributed by atoms with Crippen LogP contribution in [0.5, 0.6) is 0 Å². The summed E-state index contributed by atoms with van der Waals surface area (Å²) >= 11 is 1.25. The molecule has 1 aromatic rings. The van der Waals surface area contributed by atoms with Crippen LogP contribution in [0.25, 0.3) is 0 Å². The molecule has 9 heteroatoms. The van der Waals surface area contributed by atoms with Crippen molar-refractivity contribution in [3.05, 3.63) is 23.8 Å². The molecule has 2 rings (SSSR count). The molecule has 0 spiro atoms. The van der Waals surface area contributed by atoms with Gasteiger partial charge in [0.2, 0.25) is 15.9 Å². The molecule has 1 fully saturated rings. The van der Waals surface area contributed by atoms with E-state index in [9.17, 15) is 18.0 Å². The van der Waals surface area contributed by atoms with Gasteiger partial charge in [0.15, 0.2) is 0 Å². The number of hydrogen-bond acceptors (Lipinski definition) is 5. The summed E-state index contributed by atoms with van der Waals surface area (Å²) in [6, 6.07) is 4.78. The van der Waals surface area contributed by atoms with E-state index < -0.39 is 10.0 Å². The van der Waals surface area contributed by atoms with Crippen LogP contribution in [0.4, 0.5) is 10.5 Å². The minimum absolute atomic E-state index is 0.00232. The van der Waals surface area contributed by atoms with Gasteiger partial charge in [-0.25, -0.2) is 12.7 Å². The minimum atomic E-state index is -3.57. The highest BCUT2D eigenvalue weighted by atomic mass is 32.2. The van der Waals surface area contributed by atoms with Crippen molar-refractivity contribution in [2.45, 2.75) is 18.2 Å². The third kappa shape index (κ3) is 4.28. The number of anilines is 1. The predicted molar refractivity (Wildman–Crippen MR) is 94.7 cm³/mol. The van der Waals surface area contributed by atoms with E-state index in [0.717, 1.165) is 10.1 Å². The molecule has 0 saturated carbocycles. The van der Waals surface area contributed by atoms with Crippen molar-refractivity contribution in [2.24, 2.45) is 0 Å². The topological polar surface area (TPSA) is 86.8 Å². The maximum Gasteiger partial charge on any atom is 0.281 e. The fourth-order valence-electron chi connectivity index (χ4n) is 2.24. The highest BCUT2D eigenvalue weighted by Gasteiger charge is 2.22. The van der Waals surface area contributed by atoms with Crippen molar-refractivity contribution in [2.75, 3.05) is 38.3 Å². The first-order valence-corrected chi connectivity index (χ1v) is 9.89. The number of aryl methyl sites for hydroxylation is 1. The molecule has 1 saturated heterocycles. The molecule has 1 aromatic carbocycles. The number of benzene rings is 1. The van der Waals surface area contributed by atoms with Gasteiger partial charge in [0.25, 0.3) is 5.24 Å². The largest absolute Gasteiger partial charge is 0.332 e. The van der Waals surface area contributed by atoms with Crippen LogP contribution in [0.3, 0.4) is 0 Å². The standard InChI is InChI=1S/C15H21N3O4S2/c1-11-4-5-12(10-13(11)24(21,22)17(2)3)16-14(19)6-7-18-8-9-23-15(18)20/h4-5,10H,6-9H2,1-3H3,(H,16,19). The molecule has 0 aliphatic carbocycles. The lowest BCUT2D eigenvalue weighted by molar-refractivity contribution is -0.116. The van der Waals surface area contributed by atoms with Gasteiger partial charge in [0, 0.05) is 45.0 Å². The molecular formula is C15H21N3O4S2. The van der Waals surface area contributed by atoms with Crippen LogP contribution in [0.2, 0.25) is 0 Å². The average Bonchev–Trinajstić information content (AvgIpc) is 2.92. The molecule has 2 amide bonds. The van der Waals surface area contributed by atoms with Crippen LogP contribution in [-0.4, -0.2) is 61.7 Å². The van der Waals surface area contributed by atoms with E-state index >= 15 is 0 Å². The SMILES string of the molecule is Cc1ccc(NC(=O)CCN2CCSC2=O)cc1S(=O)(=O)N(C)C. The van der Waals surface area contributed by atoms with Gasteiger partial charge in [-0.15, -0.1) is 0 Å². The van der Waals surface area contributed by atoms with Gasteiger partial charge >= 0.3 is 0 Å². The van der Waals surface area contributed by atoms with Crippen molar-refractivity contribution >= 4 is 38.6 Å². The summed E-state index contributed by atoms with van der Waals surface area (Å²) in [7, 11) is -0.645. The molecule has 24 heavy (non-hydrogen) atoms. The fraction of sp³-hybridized carbons (Fsp3) is 0.467. The van der Waals surface area contributed by atoms with Crippen LogP contribution in [-0.2, 0) is 14.8 Å². The number of nitrogens with zero attached hydrogens (tertiary/aromatic N) is 2. The zero-order valence-corrected chi connectivity index (χ0v) is 15.5. The highest BCUT2D eigenvalue weighted by molar-refractivity contribution is 8.13. The Hall–Kier alpha value is -1.58. The number of nitrogens with one attached hydrogen (secondary N) is 1. The second-order valence-corrected chi connectivity index (χ2v) is 8.83. The Balaban J connectivity index is 2.05. The molecule has 1 heterocycles. The van der Waals surface area contributed by atoms with Gasteiger partial charge in [-0.05, 0) is 24.6 Å². The van der Waals surface area contributed by atoms with Gasteiger partial charge in [-0.1, -0.05) is 17.8 Å². The van der Waals surface area contributed by atoms with Crippen molar-refractivity contribution in [3.63, 3.8) is 0 Å². The normalized spacial score (nSPS) is 15.2. The van der Waals surface area contributed by atoms with E-state index in [4.69, 9.17) is 0 Å². The molecule has 1 aliphatic heterocycles. The quantitative estimate of drug-likeness (QED) is 0.823. The first-order valence-electron chi connectivity index (χ1n) is 7.46. The molecule has 132 valence electrons. The Morgan fingerprint density at radius 2 is 2.08 bits per heavy atom. The minimum Gasteiger partial charge on any atom is -0.332 e. The molecule has 1 N–H and O–H groups in total. The Morgan fingerprint density at radius 3 is 2.67 bits per heavy atom. The number of amides is 2. The van der Waals surface area contributed by atoms with Crippen LogP contribution < -0.4 is 5.32 Å². The first-order chi connectivity index (χ1) is 11.2. The van der Waals surface area contributed by atoms with Crippen molar-refractivity contribution in [1.82, 2.24) is 9.21 Å². The van der Waals surface area contributed by atoms with E-state index in [1.165, 1.54) is 31.9 Å².